The first kappa shape index (κ1) is 25.6. The molecule has 2 heterocycles. The van der Waals surface area contributed by atoms with Gasteiger partial charge in [0.1, 0.15) is 0 Å². The van der Waals surface area contributed by atoms with Gasteiger partial charge >= 0.3 is 5.97 Å². The zero-order valence-corrected chi connectivity index (χ0v) is 21.6. The van der Waals surface area contributed by atoms with E-state index in [1.165, 1.54) is 18.2 Å². The Morgan fingerprint density at radius 3 is 2.69 bits per heavy atom. The number of amides is 1. The second kappa shape index (κ2) is 9.88. The molecule has 10 nitrogen and oxygen atoms in total. The fourth-order valence-corrected chi connectivity index (χ4v) is 5.19. The van der Waals surface area contributed by atoms with E-state index in [1.54, 1.807) is 25.1 Å². The van der Waals surface area contributed by atoms with Gasteiger partial charge < -0.3 is 9.47 Å². The molecule has 0 unspecified atom stereocenters. The largest absolute Gasteiger partial charge is 0.490 e. The van der Waals surface area contributed by atoms with Gasteiger partial charge in [0.2, 0.25) is 19.4 Å². The molecule has 0 spiro atoms. The summed E-state index contributed by atoms with van der Waals surface area (Å²) in [5.41, 5.74) is 1.45. The molecule has 0 atom stereocenters. The molecule has 2 aromatic rings. The SMILES string of the molecule is CCOc1cc(/C=C2/C(=N)N3N=C(S(C)(=O)=O)SC3=NC2=O)cc(Cl)c1OC(=O)c1cccc(C)c1. The topological polar surface area (TPSA) is 139 Å². The number of aryl methyl sites for hydroxylation is 1. The Labute approximate surface area is 216 Å². The number of hydrazone groups is 1. The van der Waals surface area contributed by atoms with E-state index in [-0.39, 0.29) is 44.1 Å². The number of sulfone groups is 1. The van der Waals surface area contributed by atoms with Crippen molar-refractivity contribution in [3.8, 4) is 11.5 Å². The van der Waals surface area contributed by atoms with Crippen LogP contribution < -0.4 is 9.47 Å². The molecular weight excluding hydrogens is 528 g/mol. The maximum absolute atomic E-state index is 12.7. The number of rotatable bonds is 5. The number of fused-ring (bicyclic) bond motifs is 1. The Bertz CT molecular complexity index is 1510. The van der Waals surface area contributed by atoms with Gasteiger partial charge in [-0.2, -0.15) is 10.0 Å². The van der Waals surface area contributed by atoms with E-state index in [0.717, 1.165) is 16.8 Å². The zero-order valence-electron chi connectivity index (χ0n) is 19.2. The lowest BCUT2D eigenvalue weighted by Crippen LogP contribution is -2.35. The molecule has 4 rings (SSSR count). The third-order valence-electron chi connectivity index (χ3n) is 4.84. The highest BCUT2D eigenvalue weighted by molar-refractivity contribution is 8.42. The van der Waals surface area contributed by atoms with Crippen LogP contribution in [0.3, 0.4) is 0 Å². The van der Waals surface area contributed by atoms with E-state index in [1.807, 2.05) is 13.0 Å². The maximum Gasteiger partial charge on any atom is 0.343 e. The molecule has 0 saturated carbocycles. The molecular formula is C23H19ClN4O6S2. The molecule has 0 fully saturated rings. The van der Waals surface area contributed by atoms with Gasteiger partial charge in [-0.3, -0.25) is 10.2 Å². The Balaban J connectivity index is 1.68. The van der Waals surface area contributed by atoms with Gasteiger partial charge in [0.25, 0.3) is 5.91 Å². The summed E-state index contributed by atoms with van der Waals surface area (Å²) in [5.74, 6) is -1.54. The molecule has 1 amide bonds. The minimum atomic E-state index is -3.65. The first-order valence-corrected chi connectivity index (χ1v) is 13.5. The number of aliphatic imine (C=N–C) groups is 1. The monoisotopic (exact) mass is 546 g/mol. The summed E-state index contributed by atoms with van der Waals surface area (Å²) in [6.07, 6.45) is 2.33. The van der Waals surface area contributed by atoms with Gasteiger partial charge in [0.05, 0.1) is 22.8 Å². The standard InChI is InChI=1S/C23H19ClN4O6S2/c1-4-33-17-11-13(10-16(24)18(17)34-21(30)14-7-5-6-12(2)8-14)9-15-19(25)28-22(26-20(15)29)35-23(27-28)36(3,31)32/h5-11,25H,4H2,1-3H3/b15-9-,25-19?. The molecule has 13 heteroatoms. The smallest absolute Gasteiger partial charge is 0.343 e. The molecule has 0 aliphatic carbocycles. The van der Waals surface area contributed by atoms with Gasteiger partial charge in [-0.15, -0.1) is 5.10 Å². The predicted octanol–water partition coefficient (Wildman–Crippen LogP) is 3.89. The average Bonchev–Trinajstić information content (AvgIpc) is 3.24. The van der Waals surface area contributed by atoms with Crippen LogP contribution in [0, 0.1) is 12.3 Å². The van der Waals surface area contributed by atoms with Gasteiger partial charge in [-0.1, -0.05) is 29.3 Å². The third-order valence-corrected chi connectivity index (χ3v) is 7.70. The van der Waals surface area contributed by atoms with Crippen molar-refractivity contribution in [2.24, 2.45) is 10.1 Å². The summed E-state index contributed by atoms with van der Waals surface area (Å²) in [7, 11) is -3.65. The second-order valence-electron chi connectivity index (χ2n) is 7.68. The van der Waals surface area contributed by atoms with Crippen LogP contribution in [0.2, 0.25) is 5.02 Å². The lowest BCUT2D eigenvalue weighted by atomic mass is 10.1. The van der Waals surface area contributed by atoms with E-state index in [2.05, 4.69) is 10.1 Å². The number of hydrogen-bond donors (Lipinski definition) is 1. The number of halogens is 1. The first-order valence-electron chi connectivity index (χ1n) is 10.4. The predicted molar refractivity (Wildman–Crippen MR) is 139 cm³/mol. The lowest BCUT2D eigenvalue weighted by molar-refractivity contribution is -0.114. The number of carbonyl (C=O) groups excluding carboxylic acids is 2. The van der Waals surface area contributed by atoms with E-state index in [4.69, 9.17) is 26.5 Å². The summed E-state index contributed by atoms with van der Waals surface area (Å²) in [4.78, 5) is 29.2. The van der Waals surface area contributed by atoms with Crippen molar-refractivity contribution < 1.29 is 27.5 Å². The van der Waals surface area contributed by atoms with Crippen LogP contribution in [-0.4, -0.2) is 53.5 Å². The zero-order chi connectivity index (χ0) is 26.2. The fraction of sp³-hybridized carbons (Fsp3) is 0.174. The molecule has 0 aromatic heterocycles. The van der Waals surface area contributed by atoms with Crippen LogP contribution in [0.25, 0.3) is 6.08 Å². The molecule has 2 aliphatic heterocycles. The van der Waals surface area contributed by atoms with Crippen molar-refractivity contribution in [3.63, 3.8) is 0 Å². The van der Waals surface area contributed by atoms with Crippen molar-refractivity contribution in [3.05, 3.63) is 63.7 Å². The van der Waals surface area contributed by atoms with E-state index >= 15 is 0 Å². The van der Waals surface area contributed by atoms with Gasteiger partial charge in [0, 0.05) is 6.26 Å². The van der Waals surface area contributed by atoms with Crippen LogP contribution >= 0.6 is 23.4 Å². The van der Waals surface area contributed by atoms with E-state index in [9.17, 15) is 18.0 Å². The maximum atomic E-state index is 12.7. The minimum absolute atomic E-state index is 0.0101. The van der Waals surface area contributed by atoms with Crippen LogP contribution in [0.1, 0.15) is 28.4 Å². The summed E-state index contributed by atoms with van der Waals surface area (Å²) in [5, 5.41) is 13.3. The van der Waals surface area contributed by atoms with Gasteiger partial charge in [-0.25, -0.2) is 13.2 Å². The van der Waals surface area contributed by atoms with Crippen molar-refractivity contribution >= 4 is 66.5 Å². The Morgan fingerprint density at radius 1 is 1.28 bits per heavy atom. The van der Waals surface area contributed by atoms with Crippen LogP contribution in [0.5, 0.6) is 11.5 Å². The minimum Gasteiger partial charge on any atom is -0.490 e. The quantitative estimate of drug-likeness (QED) is 0.338. The van der Waals surface area contributed by atoms with Gasteiger partial charge in [0.15, 0.2) is 17.3 Å². The number of nitrogens with one attached hydrogen (secondary N) is 1. The fourth-order valence-electron chi connectivity index (χ4n) is 3.25. The number of thioether (sulfide) groups is 1. The number of amidine groups is 2. The highest BCUT2D eigenvalue weighted by Crippen LogP contribution is 2.38. The molecule has 2 aromatic carbocycles. The van der Waals surface area contributed by atoms with Crippen molar-refractivity contribution in [2.75, 3.05) is 12.9 Å². The average molecular weight is 547 g/mol. The third kappa shape index (κ3) is 5.20. The Kier molecular flexibility index (Phi) is 7.03. The van der Waals surface area contributed by atoms with Crippen LogP contribution in [0.15, 0.2) is 52.1 Å². The molecule has 36 heavy (non-hydrogen) atoms. The number of benzene rings is 2. The number of esters is 1. The van der Waals surface area contributed by atoms with E-state index < -0.39 is 21.7 Å². The Morgan fingerprint density at radius 2 is 2.03 bits per heavy atom. The first-order chi connectivity index (χ1) is 17.0. The highest BCUT2D eigenvalue weighted by atomic mass is 35.5. The van der Waals surface area contributed by atoms with Gasteiger partial charge in [-0.05, 0) is 61.5 Å². The summed E-state index contributed by atoms with van der Waals surface area (Å²) >= 11 is 7.12. The number of hydrogen-bond acceptors (Lipinski definition) is 9. The summed E-state index contributed by atoms with van der Waals surface area (Å²) < 4.78 is 34.5. The second-order valence-corrected chi connectivity index (χ2v) is 11.2. The molecule has 0 bridgehead atoms. The van der Waals surface area contributed by atoms with Crippen molar-refractivity contribution in [2.45, 2.75) is 13.8 Å². The van der Waals surface area contributed by atoms with Crippen LogP contribution in [0.4, 0.5) is 0 Å². The molecule has 1 N–H and O–H groups in total. The Hall–Kier alpha value is -3.48. The normalized spacial score (nSPS) is 16.6. The number of nitrogens with zero attached hydrogens (tertiary/aromatic N) is 3. The molecule has 0 saturated heterocycles. The number of carbonyl (C=O) groups is 2. The van der Waals surface area contributed by atoms with Crippen molar-refractivity contribution in [1.82, 2.24) is 5.01 Å². The summed E-state index contributed by atoms with van der Waals surface area (Å²) in [6.45, 7) is 3.83. The molecule has 186 valence electrons. The lowest BCUT2D eigenvalue weighted by Gasteiger charge is -2.20. The highest BCUT2D eigenvalue weighted by Gasteiger charge is 2.38. The van der Waals surface area contributed by atoms with E-state index in [0.29, 0.717) is 22.9 Å². The van der Waals surface area contributed by atoms with Crippen LogP contribution in [-0.2, 0) is 14.6 Å². The molecule has 2 aliphatic rings. The molecule has 0 radical (unpaired) electrons. The van der Waals surface area contributed by atoms with Crippen molar-refractivity contribution in [1.29, 1.82) is 5.41 Å². The summed E-state index contributed by atoms with van der Waals surface area (Å²) in [6, 6.07) is 9.83. The number of ether oxygens (including phenoxy) is 2.